The lowest BCUT2D eigenvalue weighted by molar-refractivity contribution is 1.05. The molecule has 0 unspecified atom stereocenters. The summed E-state index contributed by atoms with van der Waals surface area (Å²) in [7, 11) is 0. The lowest BCUT2D eigenvalue weighted by Crippen LogP contribution is -1.99. The van der Waals surface area contributed by atoms with Crippen molar-refractivity contribution in [1.29, 1.82) is 0 Å². The monoisotopic (exact) mass is 690 g/mol. The first-order valence-corrected chi connectivity index (χ1v) is 19.0. The average Bonchev–Trinajstić information content (AvgIpc) is 3.72. The number of benzene rings is 9. The van der Waals surface area contributed by atoms with Crippen LogP contribution in [0, 0.1) is 0 Å². The molecule has 0 aromatic heterocycles. The molecule has 0 saturated heterocycles. The number of hydrogen-bond acceptors (Lipinski definition) is 0. The molecule has 0 amide bonds. The molecule has 9 aromatic rings. The fourth-order valence-corrected chi connectivity index (χ4v) is 10.2. The number of rotatable bonds is 3. The van der Waals surface area contributed by atoms with E-state index in [0.717, 1.165) is 17.9 Å². The maximum Gasteiger partial charge on any atom is 0.0441 e. The molecule has 12 rings (SSSR count). The summed E-state index contributed by atoms with van der Waals surface area (Å²) in [6, 6.07) is 56.7. The summed E-state index contributed by atoms with van der Waals surface area (Å²) in [5.41, 5.74) is 18.1. The molecule has 53 heavy (non-hydrogen) atoms. The summed E-state index contributed by atoms with van der Waals surface area (Å²) >= 11 is 7.23. The molecule has 0 heterocycles. The van der Waals surface area contributed by atoms with Gasteiger partial charge < -0.3 is 0 Å². The van der Waals surface area contributed by atoms with Crippen molar-refractivity contribution in [2.75, 3.05) is 0 Å². The normalized spacial score (nSPS) is 13.8. The van der Waals surface area contributed by atoms with Gasteiger partial charge in [-0.2, -0.15) is 0 Å². The minimum absolute atomic E-state index is 0.845. The van der Waals surface area contributed by atoms with E-state index in [4.69, 9.17) is 11.6 Å². The van der Waals surface area contributed by atoms with E-state index in [9.17, 15) is 0 Å². The van der Waals surface area contributed by atoms with Crippen molar-refractivity contribution in [3.05, 3.63) is 174 Å². The highest BCUT2D eigenvalue weighted by Gasteiger charge is 2.33. The molecule has 9 aromatic carbocycles. The second-order valence-corrected chi connectivity index (χ2v) is 15.1. The summed E-state index contributed by atoms with van der Waals surface area (Å²) in [6.45, 7) is 0. The smallest absolute Gasteiger partial charge is 0.0441 e. The minimum atomic E-state index is 0.845. The van der Waals surface area contributed by atoms with E-state index >= 15 is 0 Å². The topological polar surface area (TPSA) is 0 Å². The SMILES string of the molecule is ClC1=C(c2c3c(c(-c4ccccc4)c4cc5ccccc5cc24)-c2cccc4c(-c5ccc6c7c(cccc57)-c5ccccc5-6)ccc-3c24)CCC=C1. The molecule has 3 aliphatic rings. The molecule has 0 radical (unpaired) electrons. The van der Waals surface area contributed by atoms with Crippen LogP contribution in [-0.2, 0) is 0 Å². The Hall–Kier alpha value is -6.21. The van der Waals surface area contributed by atoms with Gasteiger partial charge in [-0.1, -0.05) is 157 Å². The molecule has 0 spiro atoms. The van der Waals surface area contributed by atoms with Gasteiger partial charge in [0, 0.05) is 5.03 Å². The Morgan fingerprint density at radius 3 is 1.58 bits per heavy atom. The maximum absolute atomic E-state index is 7.23. The molecule has 246 valence electrons. The molecule has 0 fully saturated rings. The molecule has 1 heteroatoms. The van der Waals surface area contributed by atoms with Crippen LogP contribution in [0.1, 0.15) is 18.4 Å². The Morgan fingerprint density at radius 2 is 0.887 bits per heavy atom. The first kappa shape index (κ1) is 29.4. The van der Waals surface area contributed by atoms with Crippen LogP contribution in [0.25, 0.3) is 115 Å². The van der Waals surface area contributed by atoms with E-state index < -0.39 is 0 Å². The predicted octanol–water partition coefficient (Wildman–Crippen LogP) is 15.2. The van der Waals surface area contributed by atoms with E-state index in [2.05, 4.69) is 164 Å². The van der Waals surface area contributed by atoms with E-state index in [-0.39, 0.29) is 0 Å². The quantitative estimate of drug-likeness (QED) is 0.162. The largest absolute Gasteiger partial charge is 0.0840 e. The van der Waals surface area contributed by atoms with Crippen LogP contribution < -0.4 is 0 Å². The minimum Gasteiger partial charge on any atom is -0.0840 e. The van der Waals surface area contributed by atoms with Crippen molar-refractivity contribution in [2.24, 2.45) is 0 Å². The maximum atomic E-state index is 7.23. The van der Waals surface area contributed by atoms with Crippen LogP contribution in [0.5, 0.6) is 0 Å². The van der Waals surface area contributed by atoms with E-state index in [1.54, 1.807) is 0 Å². The fourth-order valence-electron chi connectivity index (χ4n) is 9.91. The Kier molecular flexibility index (Phi) is 6.04. The molecular formula is C52H31Cl. The van der Waals surface area contributed by atoms with Gasteiger partial charge >= 0.3 is 0 Å². The third kappa shape index (κ3) is 3.97. The van der Waals surface area contributed by atoms with E-state index in [1.165, 1.54) is 121 Å². The van der Waals surface area contributed by atoms with Crippen LogP contribution >= 0.6 is 11.6 Å². The number of fused-ring (bicyclic) bond motifs is 8. The number of halogens is 1. The molecule has 0 N–H and O–H groups in total. The third-order valence-electron chi connectivity index (χ3n) is 12.1. The van der Waals surface area contributed by atoms with Crippen LogP contribution in [-0.4, -0.2) is 0 Å². The summed E-state index contributed by atoms with van der Waals surface area (Å²) in [4.78, 5) is 0. The zero-order valence-corrected chi connectivity index (χ0v) is 29.6. The summed E-state index contributed by atoms with van der Waals surface area (Å²) in [6.07, 6.45) is 6.21. The van der Waals surface area contributed by atoms with Gasteiger partial charge in [0.25, 0.3) is 0 Å². The molecule has 0 atom stereocenters. The van der Waals surface area contributed by atoms with Crippen molar-refractivity contribution in [2.45, 2.75) is 12.8 Å². The highest BCUT2D eigenvalue weighted by Crippen LogP contribution is 2.59. The van der Waals surface area contributed by atoms with Crippen molar-refractivity contribution >= 4 is 60.3 Å². The second-order valence-electron chi connectivity index (χ2n) is 14.7. The van der Waals surface area contributed by atoms with Gasteiger partial charge in [-0.25, -0.2) is 0 Å². The van der Waals surface area contributed by atoms with Crippen LogP contribution in [0.15, 0.2) is 169 Å². The molecule has 0 aliphatic heterocycles. The second kappa shape index (κ2) is 10.9. The van der Waals surface area contributed by atoms with Gasteiger partial charge in [0.1, 0.15) is 0 Å². The van der Waals surface area contributed by atoms with Gasteiger partial charge in [-0.05, 0) is 152 Å². The lowest BCUT2D eigenvalue weighted by atomic mass is 9.80. The molecule has 0 saturated carbocycles. The predicted molar refractivity (Wildman–Crippen MR) is 227 cm³/mol. The van der Waals surface area contributed by atoms with E-state index in [0.29, 0.717) is 0 Å². The van der Waals surface area contributed by atoms with Gasteiger partial charge in [0.2, 0.25) is 0 Å². The molecule has 3 aliphatic carbocycles. The van der Waals surface area contributed by atoms with Crippen LogP contribution in [0.4, 0.5) is 0 Å². The molecular weight excluding hydrogens is 660 g/mol. The van der Waals surface area contributed by atoms with Gasteiger partial charge in [0.05, 0.1) is 0 Å². The van der Waals surface area contributed by atoms with E-state index in [1.807, 2.05) is 0 Å². The number of allylic oxidation sites excluding steroid dienone is 4. The van der Waals surface area contributed by atoms with Crippen molar-refractivity contribution in [3.63, 3.8) is 0 Å². The van der Waals surface area contributed by atoms with Gasteiger partial charge in [0.15, 0.2) is 0 Å². The summed E-state index contributed by atoms with van der Waals surface area (Å²) < 4.78 is 0. The molecule has 0 nitrogen and oxygen atoms in total. The highest BCUT2D eigenvalue weighted by molar-refractivity contribution is 6.36. The zero-order chi connectivity index (χ0) is 34.8. The fraction of sp³-hybridized carbons (Fsp3) is 0.0385. The number of hydrogen-bond donors (Lipinski definition) is 0. The van der Waals surface area contributed by atoms with Crippen molar-refractivity contribution in [3.8, 4) is 66.8 Å². The Bertz CT molecular complexity index is 3130. The van der Waals surface area contributed by atoms with Crippen LogP contribution in [0.3, 0.4) is 0 Å². The summed E-state index contributed by atoms with van der Waals surface area (Å²) in [5, 5.41) is 11.2. The van der Waals surface area contributed by atoms with Gasteiger partial charge in [-0.15, -0.1) is 0 Å². The Morgan fingerprint density at radius 1 is 0.377 bits per heavy atom. The average molecular weight is 691 g/mol. The highest BCUT2D eigenvalue weighted by atomic mass is 35.5. The van der Waals surface area contributed by atoms with Crippen molar-refractivity contribution < 1.29 is 0 Å². The first-order chi connectivity index (χ1) is 26.2. The lowest BCUT2D eigenvalue weighted by Gasteiger charge is -2.24. The zero-order valence-electron chi connectivity index (χ0n) is 28.9. The first-order valence-electron chi connectivity index (χ1n) is 18.6. The Balaban J connectivity index is 1.22. The third-order valence-corrected chi connectivity index (χ3v) is 12.4. The standard InChI is InChI=1S/C52H31Cl/c53-46-23-9-8-18-41(46)50-45-29-32-15-5-4-14-31(32)28-44(45)47(30-12-2-1-3-13-30)51-42-22-11-21-39-36(25-27-43(49(39)42)52(50)51)35-24-26-40-34-17-7-6-16-33(34)37-19-10-20-38(35)48(37)40/h1-7,9-17,19-29H,8,18H2. The molecule has 0 bridgehead atoms. The van der Waals surface area contributed by atoms with Gasteiger partial charge in [-0.3, -0.25) is 0 Å². The summed E-state index contributed by atoms with van der Waals surface area (Å²) in [5.74, 6) is 0. The Labute approximate surface area is 312 Å². The van der Waals surface area contributed by atoms with Crippen molar-refractivity contribution in [1.82, 2.24) is 0 Å². The van der Waals surface area contributed by atoms with Crippen LogP contribution in [0.2, 0.25) is 0 Å².